The van der Waals surface area contributed by atoms with Crippen LogP contribution in [-0.2, 0) is 0 Å². The van der Waals surface area contributed by atoms with Crippen molar-refractivity contribution in [1.82, 2.24) is 34.6 Å². The Morgan fingerprint density at radius 1 is 1.06 bits per heavy atom. The minimum Gasteiger partial charge on any atom is -0.338 e. The van der Waals surface area contributed by atoms with Crippen molar-refractivity contribution in [2.45, 2.75) is 51.1 Å². The van der Waals surface area contributed by atoms with Gasteiger partial charge in [-0.25, -0.2) is 4.79 Å². The lowest BCUT2D eigenvalue weighted by Gasteiger charge is -2.35. The summed E-state index contributed by atoms with van der Waals surface area (Å²) < 4.78 is 1.92. The third-order valence-corrected chi connectivity index (χ3v) is 6.41. The number of fused-ring (bicyclic) bond motifs is 1. The highest BCUT2D eigenvalue weighted by Crippen LogP contribution is 2.27. The van der Waals surface area contributed by atoms with E-state index in [1.165, 1.54) is 0 Å². The summed E-state index contributed by atoms with van der Waals surface area (Å²) in [5.74, 6) is 0.980. The van der Waals surface area contributed by atoms with Crippen molar-refractivity contribution in [2.24, 2.45) is 0 Å². The van der Waals surface area contributed by atoms with Crippen LogP contribution in [0.2, 0.25) is 0 Å². The standard InChI is InChI=1S/C22H33N7O2/c1-15(2)23-22(31)28-10-7-16(13-28)20-25-24-19-6-5-17(14-29(19)20)21(30)27-11-8-18(9-12-27)26(3)4/h5-6,14-16,18H,7-13H2,1-4H3,(H,23,31). The molecule has 0 aromatic carbocycles. The Balaban J connectivity index is 1.48. The lowest BCUT2D eigenvalue weighted by atomic mass is 10.0. The maximum Gasteiger partial charge on any atom is 0.317 e. The lowest BCUT2D eigenvalue weighted by molar-refractivity contribution is 0.0663. The highest BCUT2D eigenvalue weighted by molar-refractivity contribution is 5.94. The molecule has 4 rings (SSSR count). The quantitative estimate of drug-likeness (QED) is 0.804. The zero-order chi connectivity index (χ0) is 22.1. The van der Waals surface area contributed by atoms with Crippen LogP contribution in [0.5, 0.6) is 0 Å². The van der Waals surface area contributed by atoms with Crippen LogP contribution in [0.25, 0.3) is 5.65 Å². The van der Waals surface area contributed by atoms with E-state index >= 15 is 0 Å². The van der Waals surface area contributed by atoms with Gasteiger partial charge >= 0.3 is 6.03 Å². The van der Waals surface area contributed by atoms with Gasteiger partial charge in [0, 0.05) is 50.4 Å². The highest BCUT2D eigenvalue weighted by atomic mass is 16.2. The third kappa shape index (κ3) is 4.51. The molecule has 0 radical (unpaired) electrons. The number of urea groups is 1. The number of carbonyl (C=O) groups is 2. The molecule has 0 spiro atoms. The molecule has 2 saturated heterocycles. The first-order valence-corrected chi connectivity index (χ1v) is 11.2. The molecular formula is C22H33N7O2. The molecule has 9 nitrogen and oxygen atoms in total. The fourth-order valence-corrected chi connectivity index (χ4v) is 4.58. The third-order valence-electron chi connectivity index (χ3n) is 6.41. The second-order valence-electron chi connectivity index (χ2n) is 9.23. The lowest BCUT2D eigenvalue weighted by Crippen LogP contribution is -2.44. The van der Waals surface area contributed by atoms with Gasteiger partial charge in [-0.3, -0.25) is 9.20 Å². The number of nitrogens with zero attached hydrogens (tertiary/aromatic N) is 6. The molecule has 0 aliphatic carbocycles. The molecule has 4 heterocycles. The summed E-state index contributed by atoms with van der Waals surface area (Å²) in [4.78, 5) is 31.5. The molecule has 2 aromatic rings. The summed E-state index contributed by atoms with van der Waals surface area (Å²) in [5.41, 5.74) is 1.38. The van der Waals surface area contributed by atoms with Crippen LogP contribution >= 0.6 is 0 Å². The zero-order valence-electron chi connectivity index (χ0n) is 18.9. The summed E-state index contributed by atoms with van der Waals surface area (Å²) in [7, 11) is 4.19. The van der Waals surface area contributed by atoms with E-state index in [4.69, 9.17) is 0 Å². The van der Waals surface area contributed by atoms with E-state index in [0.717, 1.165) is 43.8 Å². The number of amides is 3. The second kappa shape index (κ2) is 8.82. The summed E-state index contributed by atoms with van der Waals surface area (Å²) in [6.45, 7) is 6.76. The maximum atomic E-state index is 13.1. The smallest absolute Gasteiger partial charge is 0.317 e. The SMILES string of the molecule is CC(C)NC(=O)N1CCC(c2nnc3ccc(C(=O)N4CCC(N(C)C)CC4)cn23)C1. The van der Waals surface area contributed by atoms with E-state index in [1.54, 1.807) is 0 Å². The molecule has 31 heavy (non-hydrogen) atoms. The number of rotatable bonds is 4. The molecule has 2 fully saturated rings. The average Bonchev–Trinajstić information content (AvgIpc) is 3.39. The van der Waals surface area contributed by atoms with Crippen LogP contribution in [0.3, 0.4) is 0 Å². The van der Waals surface area contributed by atoms with E-state index in [0.29, 0.717) is 24.7 Å². The molecule has 168 valence electrons. The first-order valence-electron chi connectivity index (χ1n) is 11.2. The maximum absolute atomic E-state index is 13.1. The van der Waals surface area contributed by atoms with Gasteiger partial charge in [-0.05, 0) is 59.3 Å². The van der Waals surface area contributed by atoms with E-state index in [1.807, 2.05) is 46.4 Å². The van der Waals surface area contributed by atoms with Crippen molar-refractivity contribution in [3.63, 3.8) is 0 Å². The number of aromatic nitrogens is 3. The molecule has 0 saturated carbocycles. The number of nitrogens with one attached hydrogen (secondary N) is 1. The van der Waals surface area contributed by atoms with E-state index in [-0.39, 0.29) is 23.9 Å². The van der Waals surface area contributed by atoms with Crippen molar-refractivity contribution >= 4 is 17.6 Å². The average molecular weight is 428 g/mol. The van der Waals surface area contributed by atoms with Gasteiger partial charge in [0.05, 0.1) is 5.56 Å². The van der Waals surface area contributed by atoms with Crippen LogP contribution in [0.1, 0.15) is 55.2 Å². The molecule has 0 bridgehead atoms. The fourth-order valence-electron chi connectivity index (χ4n) is 4.58. The number of likely N-dealkylation sites (tertiary alicyclic amines) is 2. The molecule has 1 atom stereocenters. The van der Waals surface area contributed by atoms with Crippen LogP contribution in [-0.4, -0.2) is 93.6 Å². The molecule has 9 heteroatoms. The minimum absolute atomic E-state index is 0.0386. The van der Waals surface area contributed by atoms with Gasteiger partial charge in [0.25, 0.3) is 5.91 Å². The van der Waals surface area contributed by atoms with Crippen LogP contribution < -0.4 is 5.32 Å². The number of carbonyl (C=O) groups excluding carboxylic acids is 2. The van der Waals surface area contributed by atoms with Gasteiger partial charge in [-0.1, -0.05) is 0 Å². The summed E-state index contributed by atoms with van der Waals surface area (Å²) in [6, 6.07) is 4.30. The van der Waals surface area contributed by atoms with E-state index in [9.17, 15) is 9.59 Å². The Bertz CT molecular complexity index is 946. The molecule has 1 N–H and O–H groups in total. The Morgan fingerprint density at radius 2 is 1.77 bits per heavy atom. The monoisotopic (exact) mass is 427 g/mol. The molecule has 2 aromatic heterocycles. The van der Waals surface area contributed by atoms with Gasteiger partial charge in [0.2, 0.25) is 0 Å². The fraction of sp³-hybridized carbons (Fsp3) is 0.636. The van der Waals surface area contributed by atoms with Gasteiger partial charge in [-0.2, -0.15) is 0 Å². The molecular weight excluding hydrogens is 394 g/mol. The Hall–Kier alpha value is -2.68. The predicted molar refractivity (Wildman–Crippen MR) is 118 cm³/mol. The Kier molecular flexibility index (Phi) is 6.13. The summed E-state index contributed by atoms with van der Waals surface area (Å²) >= 11 is 0. The van der Waals surface area contributed by atoms with E-state index in [2.05, 4.69) is 34.5 Å². The van der Waals surface area contributed by atoms with Crippen molar-refractivity contribution in [1.29, 1.82) is 0 Å². The van der Waals surface area contributed by atoms with Gasteiger partial charge in [0.15, 0.2) is 5.65 Å². The van der Waals surface area contributed by atoms with Crippen LogP contribution in [0.4, 0.5) is 4.79 Å². The van der Waals surface area contributed by atoms with E-state index < -0.39 is 0 Å². The normalized spacial score (nSPS) is 20.3. The van der Waals surface area contributed by atoms with Gasteiger partial charge < -0.3 is 20.0 Å². The highest BCUT2D eigenvalue weighted by Gasteiger charge is 2.31. The first-order chi connectivity index (χ1) is 14.8. The van der Waals surface area contributed by atoms with Crippen LogP contribution in [0.15, 0.2) is 18.3 Å². The molecule has 1 unspecified atom stereocenters. The van der Waals surface area contributed by atoms with Gasteiger partial charge in [-0.15, -0.1) is 10.2 Å². The number of hydrogen-bond acceptors (Lipinski definition) is 5. The molecule has 2 aliphatic rings. The van der Waals surface area contributed by atoms with Crippen LogP contribution in [0, 0.1) is 0 Å². The Morgan fingerprint density at radius 3 is 2.45 bits per heavy atom. The van der Waals surface area contributed by atoms with Crippen molar-refractivity contribution in [3.05, 3.63) is 29.7 Å². The summed E-state index contributed by atoms with van der Waals surface area (Å²) in [5, 5.41) is 11.6. The zero-order valence-corrected chi connectivity index (χ0v) is 18.9. The number of pyridine rings is 1. The largest absolute Gasteiger partial charge is 0.338 e. The molecule has 2 aliphatic heterocycles. The Labute approximate surface area is 183 Å². The van der Waals surface area contributed by atoms with Crippen molar-refractivity contribution in [2.75, 3.05) is 40.3 Å². The summed E-state index contributed by atoms with van der Waals surface area (Å²) in [6.07, 6.45) is 4.69. The first kappa shape index (κ1) is 21.5. The number of hydrogen-bond donors (Lipinski definition) is 1. The predicted octanol–water partition coefficient (Wildman–Crippen LogP) is 1.80. The van der Waals surface area contributed by atoms with Gasteiger partial charge in [0.1, 0.15) is 5.82 Å². The second-order valence-corrected chi connectivity index (χ2v) is 9.23. The minimum atomic E-state index is -0.0386. The topological polar surface area (TPSA) is 86.1 Å². The van der Waals surface area contributed by atoms with Crippen molar-refractivity contribution < 1.29 is 9.59 Å². The number of piperidine rings is 1. The van der Waals surface area contributed by atoms with Crippen molar-refractivity contribution in [3.8, 4) is 0 Å². The molecule has 3 amide bonds.